The maximum Gasteiger partial charge on any atom is 0.246 e. The molecule has 0 bridgehead atoms. The summed E-state index contributed by atoms with van der Waals surface area (Å²) in [7, 11) is 0. The molecule has 20 heavy (non-hydrogen) atoms. The smallest absolute Gasteiger partial charge is 0.246 e. The molecule has 1 aromatic carbocycles. The Labute approximate surface area is 131 Å². The maximum atomic E-state index is 11.8. The molecule has 6 nitrogen and oxygen atoms in total. The first-order chi connectivity index (χ1) is 9.06. The number of rotatable bonds is 4. The van der Waals surface area contributed by atoms with Crippen molar-refractivity contribution in [2.24, 2.45) is 5.73 Å². The van der Waals surface area contributed by atoms with E-state index >= 15 is 0 Å². The molecule has 0 unspecified atom stereocenters. The predicted octanol–water partition coefficient (Wildman–Crippen LogP) is 2.10. The van der Waals surface area contributed by atoms with E-state index < -0.39 is 0 Å². The average Bonchev–Trinajstić information content (AvgIpc) is 2.74. The van der Waals surface area contributed by atoms with Crippen LogP contribution in [0.5, 0.6) is 0 Å². The highest BCUT2D eigenvalue weighted by atomic mass is 35.5. The van der Waals surface area contributed by atoms with E-state index in [-0.39, 0.29) is 31.4 Å². The van der Waals surface area contributed by atoms with Gasteiger partial charge in [-0.05, 0) is 18.2 Å². The zero-order valence-electron chi connectivity index (χ0n) is 10.2. The average molecular weight is 337 g/mol. The third-order valence-corrected chi connectivity index (χ3v) is 2.68. The Balaban J connectivity index is 0.00000200. The Morgan fingerprint density at radius 1 is 1.30 bits per heavy atom. The summed E-state index contributed by atoms with van der Waals surface area (Å²) in [6.07, 6.45) is 1.62. The lowest BCUT2D eigenvalue weighted by molar-refractivity contribution is -0.116. The van der Waals surface area contributed by atoms with Gasteiger partial charge in [-0.2, -0.15) is 0 Å². The zero-order valence-corrected chi connectivity index (χ0v) is 12.5. The van der Waals surface area contributed by atoms with E-state index in [0.29, 0.717) is 21.4 Å². The third kappa shape index (κ3) is 4.64. The first-order valence-electron chi connectivity index (χ1n) is 5.42. The molecule has 1 amide bonds. The van der Waals surface area contributed by atoms with Gasteiger partial charge in [0, 0.05) is 22.3 Å². The number of halogens is 3. The number of hydrogen-bond donors (Lipinski definition) is 2. The van der Waals surface area contributed by atoms with Crippen LogP contribution in [0.4, 0.5) is 5.69 Å². The monoisotopic (exact) mass is 335 g/mol. The minimum absolute atomic E-state index is 0. The van der Waals surface area contributed by atoms with E-state index in [1.54, 1.807) is 24.4 Å². The van der Waals surface area contributed by atoms with Gasteiger partial charge in [-0.3, -0.25) is 4.79 Å². The minimum Gasteiger partial charge on any atom is -0.325 e. The van der Waals surface area contributed by atoms with Gasteiger partial charge < -0.3 is 11.1 Å². The first kappa shape index (κ1) is 16.7. The summed E-state index contributed by atoms with van der Waals surface area (Å²) in [5.74, 6) is -0.258. The van der Waals surface area contributed by atoms with Gasteiger partial charge in [0.25, 0.3) is 0 Å². The van der Waals surface area contributed by atoms with Crippen molar-refractivity contribution in [2.45, 2.75) is 13.1 Å². The summed E-state index contributed by atoms with van der Waals surface area (Å²) in [6, 6.07) is 4.81. The van der Waals surface area contributed by atoms with Crippen LogP contribution in [-0.2, 0) is 17.9 Å². The zero-order chi connectivity index (χ0) is 13.8. The molecule has 0 aliphatic rings. The maximum absolute atomic E-state index is 11.8. The summed E-state index contributed by atoms with van der Waals surface area (Å²) in [4.78, 5) is 11.8. The molecule has 0 aliphatic carbocycles. The van der Waals surface area contributed by atoms with Gasteiger partial charge in [-0.1, -0.05) is 28.4 Å². The van der Waals surface area contributed by atoms with Crippen molar-refractivity contribution in [1.29, 1.82) is 0 Å². The Kier molecular flexibility index (Phi) is 6.22. The van der Waals surface area contributed by atoms with Crippen LogP contribution >= 0.6 is 35.6 Å². The number of nitrogens with one attached hydrogen (secondary N) is 1. The Morgan fingerprint density at radius 2 is 1.95 bits per heavy atom. The van der Waals surface area contributed by atoms with Crippen molar-refractivity contribution < 1.29 is 4.79 Å². The fourth-order valence-electron chi connectivity index (χ4n) is 1.48. The number of nitrogens with two attached hydrogens (primary N) is 1. The SMILES string of the molecule is Cl.NCc1cn(CC(=O)Nc2cc(Cl)cc(Cl)c2)nn1. The van der Waals surface area contributed by atoms with Crippen molar-refractivity contribution in [3.8, 4) is 0 Å². The summed E-state index contributed by atoms with van der Waals surface area (Å²) in [6.45, 7) is 0.322. The van der Waals surface area contributed by atoms with Crippen molar-refractivity contribution in [1.82, 2.24) is 15.0 Å². The molecule has 0 radical (unpaired) electrons. The lowest BCUT2D eigenvalue weighted by atomic mass is 10.3. The lowest BCUT2D eigenvalue weighted by Gasteiger charge is -2.06. The highest BCUT2D eigenvalue weighted by Crippen LogP contribution is 2.22. The van der Waals surface area contributed by atoms with Crippen LogP contribution in [0.1, 0.15) is 5.69 Å². The summed E-state index contributed by atoms with van der Waals surface area (Å²) in [5, 5.41) is 11.1. The Bertz CT molecular complexity index is 581. The second kappa shape index (κ2) is 7.44. The molecule has 9 heteroatoms. The molecule has 0 aliphatic heterocycles. The lowest BCUT2D eigenvalue weighted by Crippen LogP contribution is -2.19. The second-order valence-corrected chi connectivity index (χ2v) is 4.69. The van der Waals surface area contributed by atoms with E-state index in [2.05, 4.69) is 15.6 Å². The number of amides is 1. The minimum atomic E-state index is -0.258. The molecule has 108 valence electrons. The van der Waals surface area contributed by atoms with E-state index in [9.17, 15) is 4.79 Å². The topological polar surface area (TPSA) is 85.8 Å². The fourth-order valence-corrected chi connectivity index (χ4v) is 2.01. The molecule has 1 heterocycles. The van der Waals surface area contributed by atoms with Crippen molar-refractivity contribution >= 4 is 47.2 Å². The van der Waals surface area contributed by atoms with Gasteiger partial charge in [0.1, 0.15) is 6.54 Å². The van der Waals surface area contributed by atoms with Crippen LogP contribution in [0.25, 0.3) is 0 Å². The molecular weight excluding hydrogens is 325 g/mol. The van der Waals surface area contributed by atoms with Crippen molar-refractivity contribution in [3.05, 3.63) is 40.1 Å². The molecule has 2 aromatic rings. The number of hydrogen-bond acceptors (Lipinski definition) is 4. The van der Waals surface area contributed by atoms with Crippen molar-refractivity contribution in [2.75, 3.05) is 5.32 Å². The molecule has 2 rings (SSSR count). The first-order valence-corrected chi connectivity index (χ1v) is 6.17. The normalized spacial score (nSPS) is 9.95. The van der Waals surface area contributed by atoms with Crippen LogP contribution in [-0.4, -0.2) is 20.9 Å². The number of carbonyl (C=O) groups is 1. The quantitative estimate of drug-likeness (QED) is 0.895. The molecule has 0 fully saturated rings. The Hall–Kier alpha value is -1.34. The van der Waals surface area contributed by atoms with Gasteiger partial charge in [0.15, 0.2) is 0 Å². The van der Waals surface area contributed by atoms with E-state index in [4.69, 9.17) is 28.9 Å². The number of carbonyl (C=O) groups excluding carboxylic acids is 1. The second-order valence-electron chi connectivity index (χ2n) is 3.82. The van der Waals surface area contributed by atoms with E-state index in [1.807, 2.05) is 0 Å². The molecule has 0 saturated heterocycles. The summed E-state index contributed by atoms with van der Waals surface area (Å²) < 4.78 is 1.41. The predicted molar refractivity (Wildman–Crippen MR) is 80.3 cm³/mol. The number of aromatic nitrogens is 3. The molecule has 1 aromatic heterocycles. The van der Waals surface area contributed by atoms with Gasteiger partial charge in [-0.25, -0.2) is 4.68 Å². The van der Waals surface area contributed by atoms with E-state index in [0.717, 1.165) is 0 Å². The summed E-state index contributed by atoms with van der Waals surface area (Å²) in [5.41, 5.74) is 6.56. The largest absolute Gasteiger partial charge is 0.325 e. The Morgan fingerprint density at radius 3 is 2.50 bits per heavy atom. The highest BCUT2D eigenvalue weighted by molar-refractivity contribution is 6.35. The number of anilines is 1. The fraction of sp³-hybridized carbons (Fsp3) is 0.182. The van der Waals surface area contributed by atoms with E-state index in [1.165, 1.54) is 4.68 Å². The standard InChI is InChI=1S/C11H11Cl2N5O.ClH/c12-7-1-8(13)3-9(2-7)15-11(19)6-18-5-10(4-14)16-17-18;/h1-3,5H,4,6,14H2,(H,15,19);1H. The van der Waals surface area contributed by atoms with Crippen LogP contribution in [0, 0.1) is 0 Å². The third-order valence-electron chi connectivity index (χ3n) is 2.25. The highest BCUT2D eigenvalue weighted by Gasteiger charge is 2.07. The number of benzene rings is 1. The van der Waals surface area contributed by atoms with Crippen LogP contribution < -0.4 is 11.1 Å². The van der Waals surface area contributed by atoms with Crippen LogP contribution in [0.2, 0.25) is 10.0 Å². The summed E-state index contributed by atoms with van der Waals surface area (Å²) >= 11 is 11.7. The molecule has 0 spiro atoms. The van der Waals surface area contributed by atoms with Crippen LogP contribution in [0.3, 0.4) is 0 Å². The van der Waals surface area contributed by atoms with Gasteiger partial charge in [0.05, 0.1) is 11.9 Å². The van der Waals surface area contributed by atoms with Crippen LogP contribution in [0.15, 0.2) is 24.4 Å². The molecular formula is C11H12Cl3N5O. The molecule has 0 saturated carbocycles. The molecule has 0 atom stereocenters. The van der Waals surface area contributed by atoms with Gasteiger partial charge in [0.2, 0.25) is 5.91 Å². The van der Waals surface area contributed by atoms with Crippen molar-refractivity contribution in [3.63, 3.8) is 0 Å². The number of nitrogens with zero attached hydrogens (tertiary/aromatic N) is 3. The van der Waals surface area contributed by atoms with Gasteiger partial charge in [-0.15, -0.1) is 17.5 Å². The molecule has 3 N–H and O–H groups in total. The van der Waals surface area contributed by atoms with Gasteiger partial charge >= 0.3 is 0 Å².